The van der Waals surface area contributed by atoms with E-state index in [1.807, 2.05) is 13.8 Å². The summed E-state index contributed by atoms with van der Waals surface area (Å²) in [7, 11) is 0. The predicted molar refractivity (Wildman–Crippen MR) is 131 cm³/mol. The molecule has 0 saturated heterocycles. The highest BCUT2D eigenvalue weighted by molar-refractivity contribution is 5.86. The van der Waals surface area contributed by atoms with Gasteiger partial charge in [0.25, 0.3) is 0 Å². The fourth-order valence-corrected chi connectivity index (χ4v) is 3.17. The third-order valence-corrected chi connectivity index (χ3v) is 5.42. The summed E-state index contributed by atoms with van der Waals surface area (Å²) in [4.78, 5) is 44.2. The summed E-state index contributed by atoms with van der Waals surface area (Å²) < 4.78 is 5.18. The third-order valence-electron chi connectivity index (χ3n) is 5.42. The van der Waals surface area contributed by atoms with Crippen LogP contribution < -0.4 is 0 Å². The van der Waals surface area contributed by atoms with Crippen LogP contribution in [0.3, 0.4) is 0 Å². The number of allylic oxidation sites excluding steroid dienone is 6. The van der Waals surface area contributed by atoms with Gasteiger partial charge in [-0.1, -0.05) is 41.0 Å². The second-order valence-corrected chi connectivity index (χ2v) is 8.59. The third kappa shape index (κ3) is 15.3. The van der Waals surface area contributed by atoms with Crippen molar-refractivity contribution >= 4 is 23.9 Å². The Morgan fingerprint density at radius 1 is 0.686 bits per heavy atom. The van der Waals surface area contributed by atoms with Gasteiger partial charge in [0.1, 0.15) is 5.92 Å². The lowest BCUT2D eigenvalue weighted by Gasteiger charge is -2.18. The van der Waals surface area contributed by atoms with Crippen LogP contribution in [0.5, 0.6) is 0 Å². The van der Waals surface area contributed by atoms with E-state index in [1.54, 1.807) is 19.1 Å². The molecule has 0 fully saturated rings. The summed E-state index contributed by atoms with van der Waals surface area (Å²) in [6, 6.07) is 0. The molecule has 0 aliphatic heterocycles. The average molecular weight is 495 g/mol. The molecule has 9 heteroatoms. The van der Waals surface area contributed by atoms with E-state index < -0.39 is 42.3 Å². The van der Waals surface area contributed by atoms with Crippen LogP contribution >= 0.6 is 0 Å². The van der Waals surface area contributed by atoms with Crippen molar-refractivity contribution in [3.05, 3.63) is 46.6 Å². The largest absolute Gasteiger partial charge is 0.481 e. The van der Waals surface area contributed by atoms with Crippen LogP contribution in [0.4, 0.5) is 0 Å². The molecule has 0 aromatic rings. The Kier molecular flexibility index (Phi) is 15.7. The summed E-state index contributed by atoms with van der Waals surface area (Å²) in [5, 5.41) is 36.0. The second-order valence-electron chi connectivity index (χ2n) is 8.59. The maximum absolute atomic E-state index is 11.3. The number of hydrogen-bond acceptors (Lipinski definition) is 5. The van der Waals surface area contributed by atoms with Crippen molar-refractivity contribution in [3.63, 3.8) is 0 Å². The van der Waals surface area contributed by atoms with Gasteiger partial charge < -0.3 is 25.2 Å². The molecule has 35 heavy (non-hydrogen) atoms. The van der Waals surface area contributed by atoms with Gasteiger partial charge >= 0.3 is 23.9 Å². The van der Waals surface area contributed by atoms with Crippen LogP contribution in [0.15, 0.2) is 46.6 Å². The van der Waals surface area contributed by atoms with Crippen molar-refractivity contribution in [2.75, 3.05) is 6.61 Å². The first kappa shape index (κ1) is 31.8. The van der Waals surface area contributed by atoms with Crippen molar-refractivity contribution < 1.29 is 44.3 Å². The fraction of sp³-hybridized carbons (Fsp3) is 0.538. The first-order valence-corrected chi connectivity index (χ1v) is 11.5. The van der Waals surface area contributed by atoms with E-state index in [1.165, 1.54) is 11.1 Å². The first-order chi connectivity index (χ1) is 16.3. The quantitative estimate of drug-likeness (QED) is 0.154. The van der Waals surface area contributed by atoms with E-state index in [2.05, 4.69) is 19.1 Å². The molecule has 0 aromatic heterocycles. The Hall–Kier alpha value is -3.20. The average Bonchev–Trinajstić information content (AvgIpc) is 2.74. The molecule has 0 radical (unpaired) electrons. The Labute approximate surface area is 206 Å². The van der Waals surface area contributed by atoms with E-state index in [0.29, 0.717) is 12.0 Å². The lowest BCUT2D eigenvalue weighted by molar-refractivity contribution is -0.165. The van der Waals surface area contributed by atoms with E-state index in [0.717, 1.165) is 37.7 Å². The Bertz CT molecular complexity index is 862. The Balaban J connectivity index is 4.53. The molecule has 0 rings (SSSR count). The number of carbonyl (C=O) groups is 4. The maximum atomic E-state index is 11.3. The predicted octanol–water partition coefficient (Wildman–Crippen LogP) is 4.84. The monoisotopic (exact) mass is 494 g/mol. The number of hydrogen-bond donors (Lipinski definition) is 4. The highest BCUT2D eigenvalue weighted by Crippen LogP contribution is 2.16. The molecule has 0 bridgehead atoms. The standard InChI is InChI=1S/C26H38O9/c1-17(8-5-9-18(2)12-7-13-20(4)24(29)30)10-6-11-19(3)14-15-35-23(26(33)34)21(25(31)32)16-22(27)28/h9-10,13-14,21,23H,5-8,11-12,15-16H2,1-4H3,(H,27,28)(H,29,30)(H,31,32)(H,33,34). The molecule has 4 N–H and O–H groups in total. The molecule has 2 atom stereocenters. The number of carboxylic acid groups (broad SMARTS) is 4. The van der Waals surface area contributed by atoms with E-state index in [4.69, 9.17) is 20.1 Å². The summed E-state index contributed by atoms with van der Waals surface area (Å²) in [6.07, 6.45) is 9.96. The number of aliphatic carboxylic acids is 4. The molecule has 0 aliphatic rings. The van der Waals surface area contributed by atoms with Crippen LogP contribution in [0.1, 0.15) is 72.6 Å². The van der Waals surface area contributed by atoms with Gasteiger partial charge in [-0.15, -0.1) is 0 Å². The fourth-order valence-electron chi connectivity index (χ4n) is 3.17. The molecule has 9 nitrogen and oxygen atoms in total. The summed E-state index contributed by atoms with van der Waals surface area (Å²) in [6.45, 7) is 7.41. The summed E-state index contributed by atoms with van der Waals surface area (Å²) >= 11 is 0. The molecule has 0 amide bonds. The van der Waals surface area contributed by atoms with Crippen molar-refractivity contribution in [3.8, 4) is 0 Å². The van der Waals surface area contributed by atoms with Crippen LogP contribution in [-0.4, -0.2) is 57.0 Å². The van der Waals surface area contributed by atoms with Gasteiger partial charge in [0, 0.05) is 5.57 Å². The van der Waals surface area contributed by atoms with Crippen molar-refractivity contribution in [2.24, 2.45) is 5.92 Å². The zero-order valence-electron chi connectivity index (χ0n) is 21.0. The minimum atomic E-state index is -1.75. The Morgan fingerprint density at radius 3 is 1.54 bits per heavy atom. The van der Waals surface area contributed by atoms with Crippen molar-refractivity contribution in [1.29, 1.82) is 0 Å². The number of rotatable bonds is 18. The maximum Gasteiger partial charge on any atom is 0.333 e. The summed E-state index contributed by atoms with van der Waals surface area (Å²) in [5.74, 6) is -7.02. The summed E-state index contributed by atoms with van der Waals surface area (Å²) in [5.41, 5.74) is 3.77. The molecular weight excluding hydrogens is 456 g/mol. The molecule has 0 aromatic carbocycles. The van der Waals surface area contributed by atoms with Gasteiger partial charge in [-0.05, 0) is 66.2 Å². The second kappa shape index (κ2) is 17.3. The van der Waals surface area contributed by atoms with E-state index in [-0.39, 0.29) is 6.61 Å². The topological polar surface area (TPSA) is 158 Å². The van der Waals surface area contributed by atoms with Crippen LogP contribution in [0.25, 0.3) is 0 Å². The zero-order valence-corrected chi connectivity index (χ0v) is 21.0. The lowest BCUT2D eigenvalue weighted by atomic mass is 9.98. The van der Waals surface area contributed by atoms with Gasteiger partial charge in [-0.2, -0.15) is 0 Å². The number of carboxylic acids is 4. The van der Waals surface area contributed by atoms with Crippen molar-refractivity contribution in [1.82, 2.24) is 0 Å². The van der Waals surface area contributed by atoms with Gasteiger partial charge in [0.05, 0.1) is 13.0 Å². The Morgan fingerprint density at radius 2 is 1.14 bits per heavy atom. The SMILES string of the molecule is CC(=CCCC(C)=CCOC(C(=O)O)C(CC(=O)O)C(=O)O)CCC=C(C)CCC=C(C)C(=O)O. The van der Waals surface area contributed by atoms with E-state index in [9.17, 15) is 24.3 Å². The number of ether oxygens (including phenoxy) is 1. The smallest absolute Gasteiger partial charge is 0.333 e. The van der Waals surface area contributed by atoms with Gasteiger partial charge in [-0.3, -0.25) is 9.59 Å². The molecular formula is C26H38O9. The molecule has 196 valence electrons. The van der Waals surface area contributed by atoms with Crippen LogP contribution in [0, 0.1) is 5.92 Å². The lowest BCUT2D eigenvalue weighted by Crippen LogP contribution is -2.38. The highest BCUT2D eigenvalue weighted by Gasteiger charge is 2.36. The van der Waals surface area contributed by atoms with Crippen molar-refractivity contribution in [2.45, 2.75) is 78.7 Å². The molecule has 0 heterocycles. The normalized spacial score (nSPS) is 15.0. The highest BCUT2D eigenvalue weighted by atomic mass is 16.5. The zero-order chi connectivity index (χ0) is 27.0. The van der Waals surface area contributed by atoms with Crippen LogP contribution in [0.2, 0.25) is 0 Å². The molecule has 2 unspecified atom stereocenters. The van der Waals surface area contributed by atoms with Gasteiger partial charge in [-0.25, -0.2) is 9.59 Å². The van der Waals surface area contributed by atoms with E-state index >= 15 is 0 Å². The molecule has 0 aliphatic carbocycles. The van der Waals surface area contributed by atoms with Gasteiger partial charge in [0.15, 0.2) is 6.10 Å². The molecule has 0 spiro atoms. The molecule has 0 saturated carbocycles. The minimum absolute atomic E-state index is 0.125. The first-order valence-electron chi connectivity index (χ1n) is 11.5. The minimum Gasteiger partial charge on any atom is -0.481 e. The van der Waals surface area contributed by atoms with Gasteiger partial charge in [0.2, 0.25) is 0 Å². The van der Waals surface area contributed by atoms with Crippen LogP contribution in [-0.2, 0) is 23.9 Å².